The number of benzene rings is 2. The van der Waals surface area contributed by atoms with Gasteiger partial charge in [-0.05, 0) is 42.2 Å². The van der Waals surface area contributed by atoms with Crippen molar-refractivity contribution in [3.8, 4) is 5.75 Å². The summed E-state index contributed by atoms with van der Waals surface area (Å²) in [5.41, 5.74) is 1.30. The first kappa shape index (κ1) is 23.9. The number of methoxy groups -OCH3 is 2. The zero-order chi connectivity index (χ0) is 22.8. The van der Waals surface area contributed by atoms with E-state index in [9.17, 15) is 14.4 Å². The van der Waals surface area contributed by atoms with Crippen LogP contribution in [0.2, 0.25) is 0 Å². The molecule has 7 heteroatoms. The van der Waals surface area contributed by atoms with E-state index in [2.05, 4.69) is 10.6 Å². The van der Waals surface area contributed by atoms with Crippen molar-refractivity contribution in [1.29, 1.82) is 0 Å². The molecule has 0 aliphatic carbocycles. The van der Waals surface area contributed by atoms with Gasteiger partial charge in [0.15, 0.2) is 0 Å². The molecular weight excluding hydrogens is 396 g/mol. The van der Waals surface area contributed by atoms with Gasteiger partial charge >= 0.3 is 5.97 Å². The average molecular weight is 427 g/mol. The van der Waals surface area contributed by atoms with Gasteiger partial charge in [0.05, 0.1) is 14.2 Å². The predicted molar refractivity (Wildman–Crippen MR) is 118 cm³/mol. The molecule has 0 aromatic heterocycles. The molecule has 2 atom stereocenters. The zero-order valence-corrected chi connectivity index (χ0v) is 18.4. The maximum atomic E-state index is 13.0. The number of carbonyl (C=O) groups is 3. The van der Waals surface area contributed by atoms with E-state index in [0.29, 0.717) is 24.2 Å². The lowest BCUT2D eigenvalue weighted by Gasteiger charge is -2.23. The second kappa shape index (κ2) is 11.7. The second-order valence-electron chi connectivity index (χ2n) is 7.66. The van der Waals surface area contributed by atoms with Gasteiger partial charge in [-0.25, -0.2) is 4.79 Å². The molecule has 2 amide bonds. The average Bonchev–Trinajstić information content (AvgIpc) is 2.78. The third kappa shape index (κ3) is 7.44. The van der Waals surface area contributed by atoms with E-state index in [-0.39, 0.29) is 11.8 Å². The van der Waals surface area contributed by atoms with Gasteiger partial charge < -0.3 is 20.1 Å². The van der Waals surface area contributed by atoms with Crippen molar-refractivity contribution in [2.24, 2.45) is 5.92 Å². The molecule has 0 unspecified atom stereocenters. The normalized spacial score (nSPS) is 12.5. The van der Waals surface area contributed by atoms with Crippen LogP contribution in [0, 0.1) is 5.92 Å². The van der Waals surface area contributed by atoms with Crippen molar-refractivity contribution >= 4 is 17.8 Å². The molecule has 0 spiro atoms. The van der Waals surface area contributed by atoms with Crippen LogP contribution in [0.4, 0.5) is 0 Å². The van der Waals surface area contributed by atoms with E-state index >= 15 is 0 Å². The Hall–Kier alpha value is -3.35. The van der Waals surface area contributed by atoms with Crippen molar-refractivity contribution in [1.82, 2.24) is 10.6 Å². The Morgan fingerprint density at radius 3 is 2.06 bits per heavy atom. The van der Waals surface area contributed by atoms with Crippen LogP contribution < -0.4 is 15.4 Å². The first-order valence-electron chi connectivity index (χ1n) is 10.2. The van der Waals surface area contributed by atoms with Gasteiger partial charge in [0.1, 0.15) is 17.8 Å². The molecule has 0 radical (unpaired) electrons. The van der Waals surface area contributed by atoms with Crippen LogP contribution in [0.1, 0.15) is 36.2 Å². The number of carbonyl (C=O) groups excluding carboxylic acids is 3. The summed E-state index contributed by atoms with van der Waals surface area (Å²) in [6.07, 6.45) is 0.715. The molecular formula is C24H30N2O5. The van der Waals surface area contributed by atoms with E-state index in [1.165, 1.54) is 7.11 Å². The number of hydrogen-bond donors (Lipinski definition) is 2. The summed E-state index contributed by atoms with van der Waals surface area (Å²) in [4.78, 5) is 38.0. The summed E-state index contributed by atoms with van der Waals surface area (Å²) in [7, 11) is 2.83. The molecule has 2 aromatic carbocycles. The lowest BCUT2D eigenvalue weighted by molar-refractivity contribution is -0.145. The molecule has 0 heterocycles. The molecule has 31 heavy (non-hydrogen) atoms. The fourth-order valence-corrected chi connectivity index (χ4v) is 3.14. The number of rotatable bonds is 10. The Morgan fingerprint density at radius 1 is 0.871 bits per heavy atom. The fourth-order valence-electron chi connectivity index (χ4n) is 3.14. The topological polar surface area (TPSA) is 93.7 Å². The molecule has 0 bridgehead atoms. The van der Waals surface area contributed by atoms with Crippen LogP contribution in [0.25, 0.3) is 0 Å². The fraction of sp³-hybridized carbons (Fsp3) is 0.375. The van der Waals surface area contributed by atoms with Crippen LogP contribution >= 0.6 is 0 Å². The second-order valence-corrected chi connectivity index (χ2v) is 7.66. The van der Waals surface area contributed by atoms with Crippen LogP contribution in [-0.2, 0) is 20.7 Å². The van der Waals surface area contributed by atoms with E-state index in [4.69, 9.17) is 9.47 Å². The Bertz CT molecular complexity index is 865. The van der Waals surface area contributed by atoms with Crippen molar-refractivity contribution < 1.29 is 23.9 Å². The Labute approximate surface area is 183 Å². The summed E-state index contributed by atoms with van der Waals surface area (Å²) >= 11 is 0. The molecule has 0 aliphatic rings. The summed E-state index contributed by atoms with van der Waals surface area (Å²) in [5, 5.41) is 5.53. The van der Waals surface area contributed by atoms with Gasteiger partial charge in [-0.2, -0.15) is 0 Å². The molecule has 7 nitrogen and oxygen atoms in total. The molecule has 0 aliphatic heterocycles. The summed E-state index contributed by atoms with van der Waals surface area (Å²) in [6.45, 7) is 3.92. The number of ether oxygens (including phenoxy) is 2. The van der Waals surface area contributed by atoms with Gasteiger partial charge in [0.2, 0.25) is 5.91 Å². The van der Waals surface area contributed by atoms with Gasteiger partial charge in [-0.3, -0.25) is 9.59 Å². The van der Waals surface area contributed by atoms with Gasteiger partial charge in [-0.15, -0.1) is 0 Å². The largest absolute Gasteiger partial charge is 0.497 e. The SMILES string of the molecule is COC(=O)[C@H](Cc1ccccc1)NC(=O)[C@H](CC(C)C)NC(=O)c1ccc(OC)cc1. The van der Waals surface area contributed by atoms with E-state index in [1.807, 2.05) is 44.2 Å². The van der Waals surface area contributed by atoms with Gasteiger partial charge in [0.25, 0.3) is 5.91 Å². The number of esters is 1. The molecule has 2 rings (SSSR count). The Morgan fingerprint density at radius 2 is 1.52 bits per heavy atom. The molecule has 0 saturated heterocycles. The first-order valence-corrected chi connectivity index (χ1v) is 10.2. The van der Waals surface area contributed by atoms with Crippen molar-refractivity contribution in [2.45, 2.75) is 38.8 Å². The monoisotopic (exact) mass is 426 g/mol. The quantitative estimate of drug-likeness (QED) is 0.570. The minimum atomic E-state index is -0.854. The molecule has 166 valence electrons. The standard InChI is InChI=1S/C24H30N2O5/c1-16(2)14-20(25-22(27)18-10-12-19(30-3)13-11-18)23(28)26-21(24(29)31-4)15-17-8-6-5-7-9-17/h5-13,16,20-21H,14-15H2,1-4H3,(H,25,27)(H,26,28)/t20-,21-/m0/s1. The van der Waals surface area contributed by atoms with Gasteiger partial charge in [-0.1, -0.05) is 44.2 Å². The maximum Gasteiger partial charge on any atom is 0.328 e. The van der Waals surface area contributed by atoms with E-state index < -0.39 is 24.0 Å². The number of hydrogen-bond acceptors (Lipinski definition) is 5. The summed E-state index contributed by atoms with van der Waals surface area (Å²) < 4.78 is 9.97. The highest BCUT2D eigenvalue weighted by atomic mass is 16.5. The Kier molecular flexibility index (Phi) is 9.06. The minimum Gasteiger partial charge on any atom is -0.497 e. The van der Waals surface area contributed by atoms with Crippen LogP contribution in [0.15, 0.2) is 54.6 Å². The zero-order valence-electron chi connectivity index (χ0n) is 18.4. The van der Waals surface area contributed by atoms with E-state index in [0.717, 1.165) is 5.56 Å². The first-order chi connectivity index (χ1) is 14.8. The highest BCUT2D eigenvalue weighted by Crippen LogP contribution is 2.13. The number of amides is 2. The summed E-state index contributed by atoms with van der Waals surface area (Å²) in [5.74, 6) is -0.558. The Balaban J connectivity index is 2.13. The lowest BCUT2D eigenvalue weighted by atomic mass is 10.0. The highest BCUT2D eigenvalue weighted by molar-refractivity contribution is 5.98. The smallest absolute Gasteiger partial charge is 0.328 e. The third-order valence-corrected chi connectivity index (χ3v) is 4.77. The summed E-state index contributed by atoms with van der Waals surface area (Å²) in [6, 6.07) is 14.3. The molecule has 2 aromatic rings. The third-order valence-electron chi connectivity index (χ3n) is 4.77. The van der Waals surface area contributed by atoms with Crippen molar-refractivity contribution in [2.75, 3.05) is 14.2 Å². The van der Waals surface area contributed by atoms with Crippen LogP contribution in [0.5, 0.6) is 5.75 Å². The van der Waals surface area contributed by atoms with Crippen LogP contribution in [-0.4, -0.2) is 44.1 Å². The highest BCUT2D eigenvalue weighted by Gasteiger charge is 2.28. The molecule has 0 saturated carbocycles. The number of nitrogens with one attached hydrogen (secondary N) is 2. The van der Waals surface area contributed by atoms with Crippen molar-refractivity contribution in [3.63, 3.8) is 0 Å². The minimum absolute atomic E-state index is 0.151. The van der Waals surface area contributed by atoms with Crippen molar-refractivity contribution in [3.05, 3.63) is 65.7 Å². The molecule has 0 fully saturated rings. The molecule has 2 N–H and O–H groups in total. The van der Waals surface area contributed by atoms with Crippen LogP contribution in [0.3, 0.4) is 0 Å². The lowest BCUT2D eigenvalue weighted by Crippen LogP contribution is -2.52. The van der Waals surface area contributed by atoms with E-state index in [1.54, 1.807) is 31.4 Å². The predicted octanol–water partition coefficient (Wildman–Crippen LogP) is 2.74. The van der Waals surface area contributed by atoms with Gasteiger partial charge in [0, 0.05) is 12.0 Å². The maximum absolute atomic E-state index is 13.0.